The zero-order valence-electron chi connectivity index (χ0n) is 20.4. The van der Waals surface area contributed by atoms with Crippen molar-refractivity contribution in [3.05, 3.63) is 63.6 Å². The third-order valence-corrected chi connectivity index (χ3v) is 7.92. The van der Waals surface area contributed by atoms with Crippen LogP contribution in [0, 0.1) is 0 Å². The topological polar surface area (TPSA) is 58.6 Å². The largest absolute Gasteiger partial charge is 0.497 e. The highest BCUT2D eigenvalue weighted by molar-refractivity contribution is 7.99. The summed E-state index contributed by atoms with van der Waals surface area (Å²) in [5, 5.41) is 4.23. The summed E-state index contributed by atoms with van der Waals surface area (Å²) in [6.07, 6.45) is 6.00. The van der Waals surface area contributed by atoms with Gasteiger partial charge in [-0.25, -0.2) is 0 Å². The van der Waals surface area contributed by atoms with Gasteiger partial charge in [0.25, 0.3) is 0 Å². The first kappa shape index (κ1) is 27.7. The maximum Gasteiger partial charge on any atom is 0.243 e. The maximum absolute atomic E-state index is 13.4. The van der Waals surface area contributed by atoms with Crippen LogP contribution in [-0.2, 0) is 21.9 Å². The van der Waals surface area contributed by atoms with Gasteiger partial charge in [-0.3, -0.25) is 9.59 Å². The van der Waals surface area contributed by atoms with Crippen molar-refractivity contribution in [2.75, 3.05) is 12.9 Å². The Kier molecular flexibility index (Phi) is 11.1. The molecule has 0 radical (unpaired) electrons. The molecule has 8 heteroatoms. The highest BCUT2D eigenvalue weighted by Crippen LogP contribution is 2.25. The van der Waals surface area contributed by atoms with Crippen LogP contribution in [0.25, 0.3) is 0 Å². The third-order valence-electron chi connectivity index (χ3n) is 6.35. The molecule has 2 aromatic carbocycles. The van der Waals surface area contributed by atoms with Crippen LogP contribution in [0.5, 0.6) is 5.75 Å². The maximum atomic E-state index is 13.4. The molecule has 5 nitrogen and oxygen atoms in total. The summed E-state index contributed by atoms with van der Waals surface area (Å²) >= 11 is 14.0. The van der Waals surface area contributed by atoms with Crippen molar-refractivity contribution >= 4 is 46.8 Å². The normalized spacial score (nSPS) is 14.9. The number of methoxy groups -OCH3 is 1. The van der Waals surface area contributed by atoms with Gasteiger partial charge in [-0.15, -0.1) is 11.8 Å². The van der Waals surface area contributed by atoms with Gasteiger partial charge in [-0.2, -0.15) is 0 Å². The summed E-state index contributed by atoms with van der Waals surface area (Å²) in [5.41, 5.74) is 1.88. The van der Waals surface area contributed by atoms with Crippen LogP contribution >= 0.6 is 35.0 Å². The molecule has 1 aliphatic rings. The van der Waals surface area contributed by atoms with Crippen LogP contribution in [0.2, 0.25) is 10.0 Å². The molecular weight excluding hydrogens is 503 g/mol. The van der Waals surface area contributed by atoms with Crippen molar-refractivity contribution in [2.24, 2.45) is 0 Å². The summed E-state index contributed by atoms with van der Waals surface area (Å²) in [5.74, 6) is 1.59. The van der Waals surface area contributed by atoms with Gasteiger partial charge in [0, 0.05) is 28.4 Å². The number of amides is 2. The van der Waals surface area contributed by atoms with E-state index in [1.54, 1.807) is 24.1 Å². The van der Waals surface area contributed by atoms with E-state index in [0.717, 1.165) is 42.6 Å². The van der Waals surface area contributed by atoms with Gasteiger partial charge in [0.2, 0.25) is 11.8 Å². The zero-order chi connectivity index (χ0) is 25.2. The summed E-state index contributed by atoms with van der Waals surface area (Å²) < 4.78 is 5.21. The average Bonchev–Trinajstić information content (AvgIpc) is 2.86. The van der Waals surface area contributed by atoms with E-state index in [2.05, 4.69) is 5.32 Å². The van der Waals surface area contributed by atoms with Crippen LogP contribution in [0.1, 0.15) is 56.6 Å². The van der Waals surface area contributed by atoms with Crippen molar-refractivity contribution in [1.82, 2.24) is 10.2 Å². The smallest absolute Gasteiger partial charge is 0.243 e. The van der Waals surface area contributed by atoms with Crippen molar-refractivity contribution in [2.45, 2.75) is 69.8 Å². The summed E-state index contributed by atoms with van der Waals surface area (Å²) in [7, 11) is 1.64. The lowest BCUT2D eigenvalue weighted by molar-refractivity contribution is -0.139. The molecule has 0 aromatic heterocycles. The van der Waals surface area contributed by atoms with Crippen LogP contribution in [0.4, 0.5) is 0 Å². The Morgan fingerprint density at radius 1 is 1.11 bits per heavy atom. The van der Waals surface area contributed by atoms with E-state index in [4.69, 9.17) is 27.9 Å². The quantitative estimate of drug-likeness (QED) is 0.356. The van der Waals surface area contributed by atoms with E-state index >= 15 is 0 Å². The monoisotopic (exact) mass is 536 g/mol. The van der Waals surface area contributed by atoms with Gasteiger partial charge >= 0.3 is 0 Å². The van der Waals surface area contributed by atoms with Crippen molar-refractivity contribution < 1.29 is 14.3 Å². The first-order valence-corrected chi connectivity index (χ1v) is 14.1. The number of hydrogen-bond acceptors (Lipinski definition) is 4. The first-order chi connectivity index (χ1) is 16.9. The molecule has 1 N–H and O–H groups in total. The van der Waals surface area contributed by atoms with Gasteiger partial charge in [0.1, 0.15) is 11.8 Å². The third kappa shape index (κ3) is 8.33. The second kappa shape index (κ2) is 14.0. The number of nitrogens with one attached hydrogen (secondary N) is 1. The number of rotatable bonds is 11. The Labute approximate surface area is 222 Å². The first-order valence-electron chi connectivity index (χ1n) is 12.2. The molecule has 3 rings (SSSR count). The van der Waals surface area contributed by atoms with Gasteiger partial charge in [0.15, 0.2) is 0 Å². The second-order valence-electron chi connectivity index (χ2n) is 8.87. The van der Waals surface area contributed by atoms with Crippen LogP contribution in [0.3, 0.4) is 0 Å². The van der Waals surface area contributed by atoms with Crippen molar-refractivity contribution in [3.8, 4) is 5.75 Å². The Morgan fingerprint density at radius 3 is 2.46 bits per heavy atom. The summed E-state index contributed by atoms with van der Waals surface area (Å²) in [6.45, 7) is 2.20. The number of halogens is 2. The lowest BCUT2D eigenvalue weighted by Gasteiger charge is -2.33. The molecule has 1 aliphatic carbocycles. The lowest BCUT2D eigenvalue weighted by atomic mass is 9.95. The highest BCUT2D eigenvalue weighted by Gasteiger charge is 2.30. The van der Waals surface area contributed by atoms with E-state index < -0.39 is 6.04 Å². The van der Waals surface area contributed by atoms with E-state index in [0.29, 0.717) is 22.2 Å². The highest BCUT2D eigenvalue weighted by atomic mass is 35.5. The molecule has 190 valence electrons. The lowest BCUT2D eigenvalue weighted by Crippen LogP contribution is -2.52. The molecule has 2 amide bonds. The minimum absolute atomic E-state index is 0.0832. The number of carbonyl (C=O) groups excluding carboxylic acids is 2. The predicted octanol–water partition coefficient (Wildman–Crippen LogP) is 6.49. The van der Waals surface area contributed by atoms with Crippen molar-refractivity contribution in [3.63, 3.8) is 0 Å². The number of nitrogens with zero attached hydrogens (tertiary/aromatic N) is 1. The van der Waals surface area contributed by atoms with E-state index in [1.807, 2.05) is 37.3 Å². The molecule has 1 atom stereocenters. The minimum atomic E-state index is -0.558. The number of ether oxygens (including phenoxy) is 1. The predicted molar refractivity (Wildman–Crippen MR) is 145 cm³/mol. The van der Waals surface area contributed by atoms with Crippen LogP contribution < -0.4 is 10.1 Å². The molecule has 2 aromatic rings. The Morgan fingerprint density at radius 2 is 1.83 bits per heavy atom. The fourth-order valence-corrected chi connectivity index (χ4v) is 5.70. The molecule has 0 heterocycles. The van der Waals surface area contributed by atoms with Gasteiger partial charge < -0.3 is 15.0 Å². The molecular formula is C27H34Cl2N2O3S. The molecule has 1 fully saturated rings. The number of benzene rings is 2. The van der Waals surface area contributed by atoms with Crippen LogP contribution in [-0.4, -0.2) is 41.7 Å². The Balaban J connectivity index is 1.71. The average molecular weight is 538 g/mol. The molecule has 1 saturated carbocycles. The Hall–Kier alpha value is -1.89. The molecule has 0 aliphatic heterocycles. The molecule has 0 bridgehead atoms. The van der Waals surface area contributed by atoms with E-state index in [1.165, 1.54) is 18.2 Å². The summed E-state index contributed by atoms with van der Waals surface area (Å²) in [4.78, 5) is 28.4. The molecule has 35 heavy (non-hydrogen) atoms. The SMILES string of the molecule is CCC(C(=O)NC1CCCCC1)N(Cc1ccc(Cl)cc1Cl)C(=O)CSCc1ccc(OC)cc1. The fourth-order valence-electron chi connectivity index (χ4n) is 4.36. The second-order valence-corrected chi connectivity index (χ2v) is 10.7. The summed E-state index contributed by atoms with van der Waals surface area (Å²) in [6, 6.07) is 12.7. The van der Waals surface area contributed by atoms with Gasteiger partial charge in [-0.1, -0.05) is 67.6 Å². The standard InChI is InChI=1S/C27H34Cl2N2O3S/c1-3-25(27(33)30-22-7-5-4-6-8-22)31(16-20-11-12-21(28)15-24(20)29)26(32)18-35-17-19-9-13-23(34-2)14-10-19/h9-15,22,25H,3-8,16-18H2,1-2H3,(H,30,33). The minimum Gasteiger partial charge on any atom is -0.497 e. The number of hydrogen-bond donors (Lipinski definition) is 1. The van der Waals surface area contributed by atoms with Crippen LogP contribution in [0.15, 0.2) is 42.5 Å². The molecule has 1 unspecified atom stereocenters. The van der Waals surface area contributed by atoms with Gasteiger partial charge in [0.05, 0.1) is 12.9 Å². The Bertz CT molecular complexity index is 981. The molecule has 0 saturated heterocycles. The van der Waals surface area contributed by atoms with E-state index in [9.17, 15) is 9.59 Å². The van der Waals surface area contributed by atoms with Gasteiger partial charge in [-0.05, 0) is 54.7 Å². The number of carbonyl (C=O) groups is 2. The molecule has 0 spiro atoms. The zero-order valence-corrected chi connectivity index (χ0v) is 22.7. The van der Waals surface area contributed by atoms with E-state index in [-0.39, 0.29) is 30.2 Å². The fraction of sp³-hybridized carbons (Fsp3) is 0.481. The number of thioether (sulfide) groups is 1. The van der Waals surface area contributed by atoms with Crippen molar-refractivity contribution in [1.29, 1.82) is 0 Å².